The van der Waals surface area contributed by atoms with Gasteiger partial charge in [-0.1, -0.05) is 54.1 Å². The standard InChI is InChI=1S/C18H23NO2/c1-13-6-8-16(9-7-13)18(21)11-19-14(2)17-5-3-4-15(10-17)12-20/h3-10,14,18-21H,11-12H2,1-2H3/t14-,18+/m0/s1. The first-order chi connectivity index (χ1) is 10.1. The molecule has 0 fully saturated rings. The summed E-state index contributed by atoms with van der Waals surface area (Å²) in [5.74, 6) is 0. The molecule has 2 aromatic carbocycles. The van der Waals surface area contributed by atoms with Crippen LogP contribution in [0.2, 0.25) is 0 Å². The molecule has 2 atom stereocenters. The summed E-state index contributed by atoms with van der Waals surface area (Å²) < 4.78 is 0. The van der Waals surface area contributed by atoms with E-state index in [2.05, 4.69) is 12.2 Å². The third-order valence-corrected chi connectivity index (χ3v) is 3.71. The minimum atomic E-state index is -0.519. The number of aliphatic hydroxyl groups excluding tert-OH is 2. The average molecular weight is 285 g/mol. The molecule has 0 aliphatic heterocycles. The van der Waals surface area contributed by atoms with Gasteiger partial charge in [0.2, 0.25) is 0 Å². The lowest BCUT2D eigenvalue weighted by molar-refractivity contribution is 0.171. The van der Waals surface area contributed by atoms with Crippen molar-refractivity contribution in [3.8, 4) is 0 Å². The van der Waals surface area contributed by atoms with Gasteiger partial charge < -0.3 is 15.5 Å². The summed E-state index contributed by atoms with van der Waals surface area (Å²) in [6.07, 6.45) is -0.519. The highest BCUT2D eigenvalue weighted by atomic mass is 16.3. The lowest BCUT2D eigenvalue weighted by Crippen LogP contribution is -2.24. The van der Waals surface area contributed by atoms with Gasteiger partial charge in [-0.05, 0) is 30.5 Å². The molecule has 2 aromatic rings. The van der Waals surface area contributed by atoms with E-state index < -0.39 is 6.10 Å². The highest BCUT2D eigenvalue weighted by Crippen LogP contribution is 2.17. The van der Waals surface area contributed by atoms with Crippen LogP contribution < -0.4 is 5.32 Å². The summed E-state index contributed by atoms with van der Waals surface area (Å²) in [5.41, 5.74) is 4.12. The van der Waals surface area contributed by atoms with Crippen LogP contribution >= 0.6 is 0 Å². The van der Waals surface area contributed by atoms with Crippen molar-refractivity contribution in [1.82, 2.24) is 5.32 Å². The van der Waals surface area contributed by atoms with Crippen molar-refractivity contribution in [2.45, 2.75) is 32.6 Å². The Kier molecular flexibility index (Phi) is 5.51. The van der Waals surface area contributed by atoms with Crippen molar-refractivity contribution in [2.75, 3.05) is 6.54 Å². The third-order valence-electron chi connectivity index (χ3n) is 3.71. The molecule has 3 nitrogen and oxygen atoms in total. The number of rotatable bonds is 6. The van der Waals surface area contributed by atoms with Crippen LogP contribution in [0.4, 0.5) is 0 Å². The smallest absolute Gasteiger partial charge is 0.0914 e. The molecule has 21 heavy (non-hydrogen) atoms. The number of aryl methyl sites for hydroxylation is 1. The van der Waals surface area contributed by atoms with Crippen LogP contribution in [0, 0.1) is 6.92 Å². The van der Waals surface area contributed by atoms with Crippen molar-refractivity contribution >= 4 is 0 Å². The van der Waals surface area contributed by atoms with Gasteiger partial charge in [0.25, 0.3) is 0 Å². The molecule has 0 saturated heterocycles. The molecular formula is C18H23NO2. The lowest BCUT2D eigenvalue weighted by atomic mass is 10.0. The van der Waals surface area contributed by atoms with Crippen molar-refractivity contribution in [1.29, 1.82) is 0 Å². The number of nitrogens with one attached hydrogen (secondary N) is 1. The van der Waals surface area contributed by atoms with E-state index in [4.69, 9.17) is 0 Å². The Hall–Kier alpha value is -1.68. The highest BCUT2D eigenvalue weighted by Gasteiger charge is 2.10. The second-order valence-corrected chi connectivity index (χ2v) is 5.46. The van der Waals surface area contributed by atoms with Gasteiger partial charge in [-0.3, -0.25) is 0 Å². The quantitative estimate of drug-likeness (QED) is 0.765. The Bertz CT molecular complexity index is 566. The maximum Gasteiger partial charge on any atom is 0.0914 e. The number of hydrogen-bond donors (Lipinski definition) is 3. The van der Waals surface area contributed by atoms with E-state index in [1.807, 2.05) is 55.5 Å². The summed E-state index contributed by atoms with van der Waals surface area (Å²) in [6, 6.07) is 15.9. The molecule has 0 heterocycles. The van der Waals surface area contributed by atoms with Crippen LogP contribution in [0.25, 0.3) is 0 Å². The van der Waals surface area contributed by atoms with Crippen LogP contribution in [0.5, 0.6) is 0 Å². The van der Waals surface area contributed by atoms with Gasteiger partial charge in [0.15, 0.2) is 0 Å². The van der Waals surface area contributed by atoms with E-state index in [1.165, 1.54) is 5.56 Å². The normalized spacial score (nSPS) is 13.9. The highest BCUT2D eigenvalue weighted by molar-refractivity contribution is 5.26. The van der Waals surface area contributed by atoms with Gasteiger partial charge in [-0.15, -0.1) is 0 Å². The Morgan fingerprint density at radius 2 is 1.76 bits per heavy atom. The van der Waals surface area contributed by atoms with Crippen LogP contribution in [-0.4, -0.2) is 16.8 Å². The van der Waals surface area contributed by atoms with Gasteiger partial charge in [0.1, 0.15) is 0 Å². The van der Waals surface area contributed by atoms with Crippen molar-refractivity contribution in [3.05, 3.63) is 70.8 Å². The predicted octanol–water partition coefficient (Wildman–Crippen LogP) is 2.87. The summed E-state index contributed by atoms with van der Waals surface area (Å²) >= 11 is 0. The van der Waals surface area contributed by atoms with Crippen molar-refractivity contribution in [2.24, 2.45) is 0 Å². The van der Waals surface area contributed by atoms with Gasteiger partial charge in [0.05, 0.1) is 12.7 Å². The molecule has 2 rings (SSSR count). The molecular weight excluding hydrogens is 262 g/mol. The van der Waals surface area contributed by atoms with Crippen molar-refractivity contribution in [3.63, 3.8) is 0 Å². The molecule has 0 aliphatic rings. The third kappa shape index (κ3) is 4.39. The molecule has 0 spiro atoms. The molecule has 3 heteroatoms. The maximum atomic E-state index is 10.2. The molecule has 0 unspecified atom stereocenters. The molecule has 3 N–H and O–H groups in total. The SMILES string of the molecule is Cc1ccc([C@H](O)CN[C@@H](C)c2cccc(CO)c2)cc1. The first-order valence-electron chi connectivity index (χ1n) is 7.28. The molecule has 0 saturated carbocycles. The topological polar surface area (TPSA) is 52.5 Å². The summed E-state index contributed by atoms with van der Waals surface area (Å²) in [7, 11) is 0. The zero-order valence-electron chi connectivity index (χ0n) is 12.6. The van der Waals surface area contributed by atoms with Crippen LogP contribution in [-0.2, 0) is 6.61 Å². The Morgan fingerprint density at radius 1 is 1.05 bits per heavy atom. The fourth-order valence-corrected chi connectivity index (χ4v) is 2.27. The minimum absolute atomic E-state index is 0.0482. The van der Waals surface area contributed by atoms with Crippen LogP contribution in [0.15, 0.2) is 48.5 Å². The zero-order chi connectivity index (χ0) is 15.2. The fraction of sp³-hybridized carbons (Fsp3) is 0.333. The van der Waals surface area contributed by atoms with E-state index in [0.29, 0.717) is 6.54 Å². The van der Waals surface area contributed by atoms with E-state index in [-0.39, 0.29) is 12.6 Å². The molecule has 0 aromatic heterocycles. The fourth-order valence-electron chi connectivity index (χ4n) is 2.27. The first kappa shape index (κ1) is 15.7. The largest absolute Gasteiger partial charge is 0.392 e. The van der Waals surface area contributed by atoms with Gasteiger partial charge in [0, 0.05) is 12.6 Å². The van der Waals surface area contributed by atoms with Crippen molar-refractivity contribution < 1.29 is 10.2 Å². The Morgan fingerprint density at radius 3 is 2.43 bits per heavy atom. The van der Waals surface area contributed by atoms with Gasteiger partial charge in [-0.25, -0.2) is 0 Å². The van der Waals surface area contributed by atoms with Gasteiger partial charge >= 0.3 is 0 Å². The second kappa shape index (κ2) is 7.36. The molecule has 0 aliphatic carbocycles. The Balaban J connectivity index is 1.93. The zero-order valence-corrected chi connectivity index (χ0v) is 12.6. The summed E-state index contributed by atoms with van der Waals surface area (Å²) in [4.78, 5) is 0. The monoisotopic (exact) mass is 285 g/mol. The number of hydrogen-bond acceptors (Lipinski definition) is 3. The second-order valence-electron chi connectivity index (χ2n) is 5.46. The van der Waals surface area contributed by atoms with Crippen LogP contribution in [0.1, 0.15) is 41.3 Å². The first-order valence-corrected chi connectivity index (χ1v) is 7.28. The van der Waals surface area contributed by atoms with E-state index in [1.54, 1.807) is 0 Å². The molecule has 0 radical (unpaired) electrons. The van der Waals surface area contributed by atoms with E-state index in [9.17, 15) is 10.2 Å². The van der Waals surface area contributed by atoms with Gasteiger partial charge in [-0.2, -0.15) is 0 Å². The Labute approximate surface area is 126 Å². The van der Waals surface area contributed by atoms with E-state index in [0.717, 1.165) is 16.7 Å². The lowest BCUT2D eigenvalue weighted by Gasteiger charge is -2.18. The average Bonchev–Trinajstić information content (AvgIpc) is 2.53. The molecule has 0 bridgehead atoms. The summed E-state index contributed by atoms with van der Waals surface area (Å²) in [6.45, 7) is 4.63. The predicted molar refractivity (Wildman–Crippen MR) is 84.9 cm³/mol. The maximum absolute atomic E-state index is 10.2. The number of benzene rings is 2. The number of aliphatic hydroxyl groups is 2. The van der Waals surface area contributed by atoms with E-state index >= 15 is 0 Å². The molecule has 112 valence electrons. The van der Waals surface area contributed by atoms with Crippen LogP contribution in [0.3, 0.4) is 0 Å². The molecule has 0 amide bonds. The minimum Gasteiger partial charge on any atom is -0.392 e. The summed E-state index contributed by atoms with van der Waals surface area (Å²) in [5, 5.41) is 22.7.